The minimum atomic E-state index is -4.26. The van der Waals surface area contributed by atoms with Gasteiger partial charge in [-0.3, -0.25) is 9.59 Å². The highest BCUT2D eigenvalue weighted by Crippen LogP contribution is 2.53. The van der Waals surface area contributed by atoms with Gasteiger partial charge in [-0.2, -0.15) is 0 Å². The lowest BCUT2D eigenvalue weighted by molar-refractivity contribution is -0.137. The second-order valence-electron chi connectivity index (χ2n) is 10.1. The first-order valence-electron chi connectivity index (χ1n) is 12.4. The zero-order valence-corrected chi connectivity index (χ0v) is 23.3. The smallest absolute Gasteiger partial charge is 0.452 e. The van der Waals surface area contributed by atoms with Gasteiger partial charge in [0.05, 0.1) is 0 Å². The van der Waals surface area contributed by atoms with Gasteiger partial charge < -0.3 is 29.5 Å². The summed E-state index contributed by atoms with van der Waals surface area (Å²) < 4.78 is 31.2. The molecule has 0 aliphatic heterocycles. The Morgan fingerprint density at radius 1 is 0.895 bits per heavy atom. The highest BCUT2D eigenvalue weighted by atomic mass is 31.2. The lowest BCUT2D eigenvalue weighted by atomic mass is 10.0. The average molecular weight is 549 g/mol. The minimum Gasteiger partial charge on any atom is -0.481 e. The van der Waals surface area contributed by atoms with Gasteiger partial charge in [-0.05, 0) is 63.8 Å². The van der Waals surface area contributed by atoms with Crippen LogP contribution in [0.5, 0.6) is 11.5 Å². The highest BCUT2D eigenvalue weighted by Gasteiger charge is 2.42. The van der Waals surface area contributed by atoms with E-state index in [2.05, 4.69) is 10.6 Å². The number of para-hydroxylation sites is 2. The van der Waals surface area contributed by atoms with Crippen LogP contribution in [0.25, 0.3) is 0 Å². The molecule has 0 saturated carbocycles. The molecule has 0 aliphatic carbocycles. The number of carbonyl (C=O) groups is 3. The van der Waals surface area contributed by atoms with E-state index in [4.69, 9.17) is 13.8 Å². The molecule has 0 saturated heterocycles. The van der Waals surface area contributed by atoms with Gasteiger partial charge >= 0.3 is 19.7 Å². The molecule has 0 bridgehead atoms. The van der Waals surface area contributed by atoms with E-state index >= 15 is 0 Å². The number of carboxylic acid groups (broad SMARTS) is 1. The number of hydrogen-bond acceptors (Lipinski definition) is 7. The Morgan fingerprint density at radius 3 is 1.82 bits per heavy atom. The van der Waals surface area contributed by atoms with Gasteiger partial charge in [0, 0.05) is 6.42 Å². The average Bonchev–Trinajstić information content (AvgIpc) is 2.80. The summed E-state index contributed by atoms with van der Waals surface area (Å²) in [6, 6.07) is 15.5. The highest BCUT2D eigenvalue weighted by molar-refractivity contribution is 7.55. The van der Waals surface area contributed by atoms with Crippen LogP contribution in [0.4, 0.5) is 4.79 Å². The Morgan fingerprint density at radius 2 is 1.39 bits per heavy atom. The molecule has 1 unspecified atom stereocenters. The monoisotopic (exact) mass is 548 g/mol. The Labute approximate surface area is 223 Å². The standard InChI is InChI=1S/C27H37N2O8P/c1-19(2)18-22(28-26(33)35-27(3,4)5)25(32)29-23(16-17-24(30)31)38(34,36-20-12-8-6-9-13-20)37-21-14-10-7-11-15-21/h6-15,19,22-23H,16-18H2,1-5H3,(H,28,33)(H,29,32)(H,30,31)/t22-,23?/m0/s1. The second kappa shape index (κ2) is 13.9. The quantitative estimate of drug-likeness (QED) is 0.276. The lowest BCUT2D eigenvalue weighted by Crippen LogP contribution is -2.51. The van der Waals surface area contributed by atoms with Crippen molar-refractivity contribution in [1.82, 2.24) is 10.6 Å². The van der Waals surface area contributed by atoms with E-state index < -0.39 is 49.4 Å². The molecule has 0 heterocycles. The topological polar surface area (TPSA) is 140 Å². The van der Waals surface area contributed by atoms with Crippen LogP contribution in [0.15, 0.2) is 60.7 Å². The van der Waals surface area contributed by atoms with Crippen LogP contribution in [0, 0.1) is 5.92 Å². The van der Waals surface area contributed by atoms with Crippen molar-refractivity contribution >= 4 is 25.6 Å². The van der Waals surface area contributed by atoms with E-state index in [1.807, 2.05) is 13.8 Å². The van der Waals surface area contributed by atoms with E-state index in [1.54, 1.807) is 81.4 Å². The first kappa shape index (κ1) is 30.7. The third-order valence-electron chi connectivity index (χ3n) is 4.99. The van der Waals surface area contributed by atoms with E-state index in [1.165, 1.54) is 0 Å². The molecule has 0 aliphatic rings. The first-order valence-corrected chi connectivity index (χ1v) is 14.0. The molecule has 2 atom stereocenters. The van der Waals surface area contributed by atoms with Crippen molar-refractivity contribution in [2.24, 2.45) is 5.92 Å². The van der Waals surface area contributed by atoms with Crippen LogP contribution in [0.2, 0.25) is 0 Å². The zero-order chi connectivity index (χ0) is 28.3. The van der Waals surface area contributed by atoms with Crippen LogP contribution in [0.1, 0.15) is 53.9 Å². The summed E-state index contributed by atoms with van der Waals surface area (Å²) in [5.41, 5.74) is -0.782. The molecule has 0 fully saturated rings. The lowest BCUT2D eigenvalue weighted by Gasteiger charge is -2.30. The third-order valence-corrected chi connectivity index (χ3v) is 7.07. The maximum absolute atomic E-state index is 14.3. The van der Waals surface area contributed by atoms with Crippen molar-refractivity contribution in [2.75, 3.05) is 0 Å². The molecule has 2 aromatic carbocycles. The molecule has 38 heavy (non-hydrogen) atoms. The van der Waals surface area contributed by atoms with Crippen molar-refractivity contribution in [1.29, 1.82) is 0 Å². The van der Waals surface area contributed by atoms with Gasteiger partial charge in [-0.25, -0.2) is 9.36 Å². The van der Waals surface area contributed by atoms with Crippen LogP contribution >= 0.6 is 7.60 Å². The van der Waals surface area contributed by atoms with Crippen molar-refractivity contribution in [3.8, 4) is 11.5 Å². The summed E-state index contributed by atoms with van der Waals surface area (Å²) in [5, 5.41) is 14.5. The number of carboxylic acids is 1. The fourth-order valence-electron chi connectivity index (χ4n) is 3.39. The summed E-state index contributed by atoms with van der Waals surface area (Å²) in [6.45, 7) is 8.85. The predicted molar refractivity (Wildman–Crippen MR) is 143 cm³/mol. The van der Waals surface area contributed by atoms with Gasteiger partial charge in [0.1, 0.15) is 23.1 Å². The maximum Gasteiger partial charge on any atom is 0.452 e. The van der Waals surface area contributed by atoms with Gasteiger partial charge in [0.25, 0.3) is 0 Å². The molecular weight excluding hydrogens is 511 g/mol. The normalized spacial score (nSPS) is 13.2. The van der Waals surface area contributed by atoms with Crippen molar-refractivity contribution < 1.29 is 37.8 Å². The minimum absolute atomic E-state index is 0.00565. The van der Waals surface area contributed by atoms with Crippen LogP contribution < -0.4 is 19.7 Å². The van der Waals surface area contributed by atoms with Gasteiger partial charge in [-0.1, -0.05) is 50.2 Å². The first-order chi connectivity index (χ1) is 17.8. The molecule has 3 N–H and O–H groups in total. The summed E-state index contributed by atoms with van der Waals surface area (Å²) >= 11 is 0. The maximum atomic E-state index is 14.3. The fourth-order valence-corrected chi connectivity index (χ4v) is 5.24. The Balaban J connectivity index is 2.40. The number of nitrogens with one attached hydrogen (secondary N) is 2. The van der Waals surface area contributed by atoms with Crippen molar-refractivity contribution in [3.05, 3.63) is 60.7 Å². The Hall–Kier alpha value is -3.52. The number of alkyl carbamates (subject to hydrolysis) is 1. The third kappa shape index (κ3) is 10.8. The van der Waals surface area contributed by atoms with Crippen LogP contribution in [0.3, 0.4) is 0 Å². The molecule has 2 rings (SSSR count). The number of carbonyl (C=O) groups excluding carboxylic acids is 2. The fraction of sp³-hybridized carbons (Fsp3) is 0.444. The zero-order valence-electron chi connectivity index (χ0n) is 22.4. The van der Waals surface area contributed by atoms with Crippen LogP contribution in [-0.2, 0) is 18.9 Å². The molecular formula is C27H37N2O8P. The number of hydrogen-bond donors (Lipinski definition) is 3. The van der Waals surface area contributed by atoms with Gasteiger partial charge in [-0.15, -0.1) is 0 Å². The number of benzene rings is 2. The summed E-state index contributed by atoms with van der Waals surface area (Å²) in [6.07, 6.45) is -1.21. The van der Waals surface area contributed by atoms with E-state index in [0.29, 0.717) is 0 Å². The molecule has 0 aromatic heterocycles. The summed E-state index contributed by atoms with van der Waals surface area (Å²) in [7, 11) is -4.26. The number of ether oxygens (including phenoxy) is 1. The molecule has 11 heteroatoms. The summed E-state index contributed by atoms with van der Waals surface area (Å²) in [5.74, 6) is -2.74. The largest absolute Gasteiger partial charge is 0.481 e. The molecule has 208 valence electrons. The molecule has 0 spiro atoms. The Bertz CT molecular complexity index is 1060. The molecule has 2 amide bonds. The van der Waals surface area contributed by atoms with Crippen molar-refractivity contribution in [2.45, 2.75) is 71.3 Å². The molecule has 2 aromatic rings. The van der Waals surface area contributed by atoms with Gasteiger partial charge in [0.2, 0.25) is 5.91 Å². The summed E-state index contributed by atoms with van der Waals surface area (Å²) in [4.78, 5) is 37.3. The second-order valence-corrected chi connectivity index (χ2v) is 12.2. The molecule has 10 nitrogen and oxygen atoms in total. The molecule has 0 radical (unpaired) electrons. The van der Waals surface area contributed by atoms with E-state index in [0.717, 1.165) is 0 Å². The number of aliphatic carboxylic acids is 1. The van der Waals surface area contributed by atoms with Crippen molar-refractivity contribution in [3.63, 3.8) is 0 Å². The van der Waals surface area contributed by atoms with Gasteiger partial charge in [0.15, 0.2) is 5.78 Å². The van der Waals surface area contributed by atoms with Crippen LogP contribution in [-0.4, -0.2) is 40.5 Å². The predicted octanol–water partition coefficient (Wildman–Crippen LogP) is 5.58. The number of rotatable bonds is 13. The van der Waals surface area contributed by atoms with E-state index in [9.17, 15) is 24.1 Å². The Kier molecular flexibility index (Phi) is 11.2. The van der Waals surface area contributed by atoms with E-state index in [-0.39, 0.29) is 30.3 Å². The SMILES string of the molecule is CC(C)C[C@H](NC(=O)OC(C)(C)C)C(=O)NC(CCC(=O)O)P(=O)(Oc1ccccc1)Oc1ccccc1. The number of amides is 2.